The van der Waals surface area contributed by atoms with Crippen molar-refractivity contribution < 1.29 is 24.6 Å². The van der Waals surface area contributed by atoms with Crippen molar-refractivity contribution in [1.82, 2.24) is 10.6 Å². The number of aliphatic hydroxyl groups excluding tert-OH is 1. The zero-order chi connectivity index (χ0) is 20.8. The number of carboxylic acid groups (broad SMARTS) is 1. The van der Waals surface area contributed by atoms with Gasteiger partial charge < -0.3 is 43.8 Å². The Labute approximate surface area is 157 Å². The third-order valence-electron chi connectivity index (χ3n) is 3.67. The quantitative estimate of drug-likeness (QED) is 0.0836. The molecule has 2 amide bonds. The predicted octanol–water partition coefficient (Wildman–Crippen LogP) is -3.46. The van der Waals surface area contributed by atoms with Gasteiger partial charge >= 0.3 is 5.97 Å². The van der Waals surface area contributed by atoms with Crippen LogP contribution in [0.4, 0.5) is 0 Å². The SMILES string of the molecule is NCCCCC(NC(=O)C(CCCN=C(N)N)NC(=O)C(N)CO)C(=O)O. The first-order valence-corrected chi connectivity index (χ1v) is 8.68. The smallest absolute Gasteiger partial charge is 0.326 e. The molecule has 12 N–H and O–H groups in total. The van der Waals surface area contributed by atoms with Crippen LogP contribution in [0.3, 0.4) is 0 Å². The van der Waals surface area contributed by atoms with E-state index in [0.29, 0.717) is 25.8 Å². The molecule has 0 aliphatic carbocycles. The average molecular weight is 389 g/mol. The van der Waals surface area contributed by atoms with Crippen LogP contribution in [-0.2, 0) is 14.4 Å². The largest absolute Gasteiger partial charge is 0.480 e. The number of hydrogen-bond acceptors (Lipinski definition) is 7. The topological polar surface area (TPSA) is 232 Å². The predicted molar refractivity (Wildman–Crippen MR) is 99.4 cm³/mol. The van der Waals surface area contributed by atoms with E-state index in [0.717, 1.165) is 0 Å². The fourth-order valence-corrected chi connectivity index (χ4v) is 2.16. The van der Waals surface area contributed by atoms with Gasteiger partial charge in [0, 0.05) is 6.54 Å². The summed E-state index contributed by atoms with van der Waals surface area (Å²) in [7, 11) is 0. The highest BCUT2D eigenvalue weighted by Crippen LogP contribution is 2.04. The van der Waals surface area contributed by atoms with Crippen LogP contribution < -0.4 is 33.6 Å². The fourth-order valence-electron chi connectivity index (χ4n) is 2.16. The van der Waals surface area contributed by atoms with Crippen LogP contribution in [-0.4, -0.2) is 71.8 Å². The van der Waals surface area contributed by atoms with Gasteiger partial charge in [0.05, 0.1) is 6.61 Å². The molecule has 0 rings (SSSR count). The first kappa shape index (κ1) is 24.6. The Bertz CT molecular complexity index is 511. The van der Waals surface area contributed by atoms with Gasteiger partial charge in [0.15, 0.2) is 5.96 Å². The van der Waals surface area contributed by atoms with Crippen LogP contribution in [0.25, 0.3) is 0 Å². The number of carbonyl (C=O) groups excluding carboxylic acids is 2. The van der Waals surface area contributed by atoms with Crippen molar-refractivity contribution in [2.45, 2.75) is 50.2 Å². The highest BCUT2D eigenvalue weighted by molar-refractivity contribution is 5.91. The maximum Gasteiger partial charge on any atom is 0.326 e. The fraction of sp³-hybridized carbons (Fsp3) is 0.733. The van der Waals surface area contributed by atoms with Crippen LogP contribution in [0, 0.1) is 0 Å². The van der Waals surface area contributed by atoms with Crippen molar-refractivity contribution in [1.29, 1.82) is 0 Å². The molecule has 12 nitrogen and oxygen atoms in total. The molecule has 0 saturated carbocycles. The zero-order valence-corrected chi connectivity index (χ0v) is 15.3. The lowest BCUT2D eigenvalue weighted by Crippen LogP contribution is -2.55. The van der Waals surface area contributed by atoms with Crippen molar-refractivity contribution in [2.24, 2.45) is 27.9 Å². The molecule has 27 heavy (non-hydrogen) atoms. The Balaban J connectivity index is 4.96. The summed E-state index contributed by atoms with van der Waals surface area (Å²) in [6, 6.07) is -3.34. The van der Waals surface area contributed by atoms with Gasteiger partial charge in [-0.05, 0) is 38.6 Å². The molecule has 12 heteroatoms. The molecule has 3 unspecified atom stereocenters. The maximum absolute atomic E-state index is 12.5. The number of nitrogens with two attached hydrogens (primary N) is 4. The van der Waals surface area contributed by atoms with Gasteiger partial charge in [-0.25, -0.2) is 4.79 Å². The molecule has 0 spiro atoms. The molecule has 0 aromatic rings. The standard InChI is InChI=1S/C15H31N7O5/c16-6-2-1-4-11(14(26)27)22-13(25)10(5-3-7-20-15(18)19)21-12(24)9(17)8-23/h9-11,23H,1-8,16-17H2,(H,21,24)(H,22,25)(H,26,27)(H4,18,19,20). The molecule has 0 bridgehead atoms. The van der Waals surface area contributed by atoms with Crippen LogP contribution in [0.15, 0.2) is 4.99 Å². The van der Waals surface area contributed by atoms with E-state index in [4.69, 9.17) is 28.0 Å². The Morgan fingerprint density at radius 1 is 0.963 bits per heavy atom. The highest BCUT2D eigenvalue weighted by Gasteiger charge is 2.27. The number of aliphatic hydroxyl groups is 1. The lowest BCUT2D eigenvalue weighted by atomic mass is 10.1. The number of aliphatic imine (C=N–C) groups is 1. The summed E-state index contributed by atoms with van der Waals surface area (Å²) >= 11 is 0. The molecule has 0 heterocycles. The van der Waals surface area contributed by atoms with Crippen LogP contribution in [0.2, 0.25) is 0 Å². The Morgan fingerprint density at radius 2 is 1.56 bits per heavy atom. The number of carbonyl (C=O) groups is 3. The summed E-state index contributed by atoms with van der Waals surface area (Å²) in [5, 5.41) is 23.0. The van der Waals surface area contributed by atoms with E-state index in [9.17, 15) is 19.5 Å². The maximum atomic E-state index is 12.5. The summed E-state index contributed by atoms with van der Waals surface area (Å²) in [4.78, 5) is 39.5. The third kappa shape index (κ3) is 11.0. The summed E-state index contributed by atoms with van der Waals surface area (Å²) in [6.45, 7) is 0.0563. The summed E-state index contributed by atoms with van der Waals surface area (Å²) in [5.41, 5.74) is 21.3. The number of nitrogens with one attached hydrogen (secondary N) is 2. The molecular weight excluding hydrogens is 358 g/mol. The molecular formula is C15H31N7O5. The van der Waals surface area contributed by atoms with Crippen LogP contribution in [0.5, 0.6) is 0 Å². The van der Waals surface area contributed by atoms with Crippen molar-refractivity contribution in [3.8, 4) is 0 Å². The molecule has 0 aliphatic rings. The number of guanidine groups is 1. The third-order valence-corrected chi connectivity index (χ3v) is 3.67. The minimum atomic E-state index is -1.20. The van der Waals surface area contributed by atoms with E-state index in [1.165, 1.54) is 0 Å². The van der Waals surface area contributed by atoms with Crippen molar-refractivity contribution in [3.05, 3.63) is 0 Å². The Morgan fingerprint density at radius 3 is 2.07 bits per heavy atom. The van der Waals surface area contributed by atoms with Crippen molar-refractivity contribution in [3.63, 3.8) is 0 Å². The molecule has 0 aliphatic heterocycles. The van der Waals surface area contributed by atoms with E-state index < -0.39 is 42.5 Å². The second-order valence-electron chi connectivity index (χ2n) is 5.98. The average Bonchev–Trinajstić information content (AvgIpc) is 2.61. The number of rotatable bonds is 14. The van der Waals surface area contributed by atoms with Crippen molar-refractivity contribution >= 4 is 23.7 Å². The summed E-state index contributed by atoms with van der Waals surface area (Å²) in [5.74, 6) is -2.68. The number of unbranched alkanes of at least 4 members (excludes halogenated alkanes) is 1. The van der Waals surface area contributed by atoms with Gasteiger partial charge in [-0.2, -0.15) is 0 Å². The van der Waals surface area contributed by atoms with E-state index in [2.05, 4.69) is 15.6 Å². The number of hydrogen-bond donors (Lipinski definition) is 8. The van der Waals surface area contributed by atoms with Gasteiger partial charge in [-0.1, -0.05) is 0 Å². The first-order valence-electron chi connectivity index (χ1n) is 8.68. The van der Waals surface area contributed by atoms with Gasteiger partial charge in [0.1, 0.15) is 18.1 Å². The molecule has 0 aromatic heterocycles. The van der Waals surface area contributed by atoms with Gasteiger partial charge in [-0.3, -0.25) is 14.6 Å². The highest BCUT2D eigenvalue weighted by atomic mass is 16.4. The van der Waals surface area contributed by atoms with E-state index in [1.807, 2.05) is 0 Å². The van der Waals surface area contributed by atoms with E-state index in [1.54, 1.807) is 0 Å². The molecule has 0 aromatic carbocycles. The minimum Gasteiger partial charge on any atom is -0.480 e. The summed E-state index contributed by atoms with van der Waals surface area (Å²) < 4.78 is 0. The van der Waals surface area contributed by atoms with Crippen LogP contribution in [0.1, 0.15) is 32.1 Å². The molecule has 0 fully saturated rings. The number of nitrogens with zero attached hydrogens (tertiary/aromatic N) is 1. The van der Waals surface area contributed by atoms with E-state index in [-0.39, 0.29) is 25.3 Å². The number of amides is 2. The second-order valence-corrected chi connectivity index (χ2v) is 5.98. The van der Waals surface area contributed by atoms with E-state index >= 15 is 0 Å². The minimum absolute atomic E-state index is 0.104. The summed E-state index contributed by atoms with van der Waals surface area (Å²) in [6.07, 6.45) is 1.88. The molecule has 0 radical (unpaired) electrons. The molecule has 3 atom stereocenters. The Hall–Kier alpha value is -2.44. The number of carboxylic acids is 1. The molecule has 0 saturated heterocycles. The molecule has 156 valence electrons. The van der Waals surface area contributed by atoms with Gasteiger partial charge in [-0.15, -0.1) is 0 Å². The van der Waals surface area contributed by atoms with Gasteiger partial charge in [0.2, 0.25) is 11.8 Å². The van der Waals surface area contributed by atoms with Gasteiger partial charge in [0.25, 0.3) is 0 Å². The lowest BCUT2D eigenvalue weighted by Gasteiger charge is -2.22. The lowest BCUT2D eigenvalue weighted by molar-refractivity contribution is -0.142. The Kier molecular flexibility index (Phi) is 12.5. The monoisotopic (exact) mass is 389 g/mol. The van der Waals surface area contributed by atoms with Crippen LogP contribution >= 0.6 is 0 Å². The number of aliphatic carboxylic acids is 1. The normalized spacial score (nSPS) is 13.9. The zero-order valence-electron chi connectivity index (χ0n) is 15.3. The van der Waals surface area contributed by atoms with Crippen molar-refractivity contribution in [2.75, 3.05) is 19.7 Å². The second kappa shape index (κ2) is 13.7. The first-order chi connectivity index (χ1) is 12.7.